The first-order chi connectivity index (χ1) is 12.2. The molecule has 0 saturated heterocycles. The highest BCUT2D eigenvalue weighted by Crippen LogP contribution is 2.23. The number of imidazole rings is 1. The zero-order chi connectivity index (χ0) is 17.4. The van der Waals surface area contributed by atoms with E-state index in [1.807, 2.05) is 48.0 Å². The van der Waals surface area contributed by atoms with Gasteiger partial charge < -0.3 is 19.4 Å². The van der Waals surface area contributed by atoms with Gasteiger partial charge in [0.15, 0.2) is 0 Å². The second kappa shape index (κ2) is 6.37. The number of hydrogen-bond donors (Lipinski definition) is 2. The largest absolute Gasteiger partial charge is 0.395 e. The summed E-state index contributed by atoms with van der Waals surface area (Å²) < 4.78 is 4.04. The zero-order valence-electron chi connectivity index (χ0n) is 14.3. The van der Waals surface area contributed by atoms with Crippen LogP contribution in [0.3, 0.4) is 0 Å². The number of pyridine rings is 1. The lowest BCUT2D eigenvalue weighted by Crippen LogP contribution is -2.39. The summed E-state index contributed by atoms with van der Waals surface area (Å²) in [6, 6.07) is 7.79. The quantitative estimate of drug-likeness (QED) is 0.761. The van der Waals surface area contributed by atoms with Gasteiger partial charge in [-0.3, -0.25) is 4.79 Å². The Bertz CT molecular complexity index is 925. The van der Waals surface area contributed by atoms with Crippen molar-refractivity contribution in [1.82, 2.24) is 19.3 Å². The molecule has 1 aliphatic carbocycles. The summed E-state index contributed by atoms with van der Waals surface area (Å²) in [4.78, 5) is 17.3. The minimum Gasteiger partial charge on any atom is -0.395 e. The lowest BCUT2D eigenvalue weighted by Gasteiger charge is -2.23. The highest BCUT2D eigenvalue weighted by atomic mass is 16.3. The third kappa shape index (κ3) is 2.82. The third-order valence-electron chi connectivity index (χ3n) is 4.99. The van der Waals surface area contributed by atoms with Crippen molar-refractivity contribution in [1.29, 1.82) is 0 Å². The topological polar surface area (TPSA) is 71.6 Å². The van der Waals surface area contributed by atoms with Crippen molar-refractivity contribution in [3.63, 3.8) is 0 Å². The van der Waals surface area contributed by atoms with E-state index in [4.69, 9.17) is 0 Å². The molecule has 0 spiro atoms. The molecule has 1 aliphatic rings. The molecule has 25 heavy (non-hydrogen) atoms. The summed E-state index contributed by atoms with van der Waals surface area (Å²) in [7, 11) is 0. The lowest BCUT2D eigenvalue weighted by atomic mass is 9.95. The summed E-state index contributed by atoms with van der Waals surface area (Å²) in [6.07, 6.45) is 6.35. The maximum Gasteiger partial charge on any atom is 0.253 e. The predicted octanol–water partition coefficient (Wildman–Crippen LogP) is 1.72. The number of aryl methyl sites for hydroxylation is 1. The monoisotopic (exact) mass is 338 g/mol. The number of aromatic nitrogens is 3. The molecule has 6 heteroatoms. The van der Waals surface area contributed by atoms with Crippen LogP contribution in [-0.2, 0) is 19.4 Å². The summed E-state index contributed by atoms with van der Waals surface area (Å²) in [5.41, 5.74) is 3.86. The van der Waals surface area contributed by atoms with Gasteiger partial charge in [-0.15, -0.1) is 0 Å². The summed E-state index contributed by atoms with van der Waals surface area (Å²) in [6.45, 7) is 2.67. The molecule has 0 fully saturated rings. The Kier molecular flexibility index (Phi) is 4.05. The average molecular weight is 338 g/mol. The van der Waals surface area contributed by atoms with Gasteiger partial charge >= 0.3 is 0 Å². The number of amides is 1. The number of fused-ring (bicyclic) bond motifs is 2. The van der Waals surface area contributed by atoms with Gasteiger partial charge in [-0.05, 0) is 38.0 Å². The Morgan fingerprint density at radius 2 is 2.24 bits per heavy atom. The first-order valence-electron chi connectivity index (χ1n) is 8.69. The van der Waals surface area contributed by atoms with E-state index < -0.39 is 0 Å². The van der Waals surface area contributed by atoms with E-state index in [0.29, 0.717) is 12.1 Å². The van der Waals surface area contributed by atoms with Crippen LogP contribution in [0.25, 0.3) is 5.52 Å². The van der Waals surface area contributed by atoms with E-state index in [1.165, 1.54) is 5.69 Å². The van der Waals surface area contributed by atoms with Crippen LogP contribution in [0.4, 0.5) is 0 Å². The van der Waals surface area contributed by atoms with Crippen LogP contribution in [0.15, 0.2) is 36.7 Å². The molecule has 130 valence electrons. The normalized spacial score (nSPS) is 16.8. The van der Waals surface area contributed by atoms with Gasteiger partial charge in [-0.1, -0.05) is 6.07 Å². The van der Waals surface area contributed by atoms with Gasteiger partial charge in [0.25, 0.3) is 5.91 Å². The van der Waals surface area contributed by atoms with Crippen LogP contribution in [0.1, 0.15) is 34.0 Å². The first kappa shape index (κ1) is 15.9. The van der Waals surface area contributed by atoms with E-state index in [0.717, 1.165) is 36.3 Å². The fourth-order valence-corrected chi connectivity index (χ4v) is 3.79. The maximum absolute atomic E-state index is 12.7. The Balaban J connectivity index is 1.51. The average Bonchev–Trinajstić information content (AvgIpc) is 3.16. The van der Waals surface area contributed by atoms with Crippen molar-refractivity contribution < 1.29 is 9.90 Å². The van der Waals surface area contributed by atoms with E-state index in [1.54, 1.807) is 0 Å². The van der Waals surface area contributed by atoms with Crippen molar-refractivity contribution in [3.8, 4) is 0 Å². The Morgan fingerprint density at radius 3 is 3.08 bits per heavy atom. The number of rotatable bonds is 4. The molecular formula is C19H22N4O2. The molecule has 0 unspecified atom stereocenters. The Hall–Kier alpha value is -2.60. The minimum absolute atomic E-state index is 0.0336. The highest BCUT2D eigenvalue weighted by Gasteiger charge is 2.26. The minimum atomic E-state index is -0.0336. The van der Waals surface area contributed by atoms with Crippen molar-refractivity contribution in [2.45, 2.75) is 38.8 Å². The molecular weight excluding hydrogens is 316 g/mol. The summed E-state index contributed by atoms with van der Waals surface area (Å²) in [5.74, 6) is 0.901. The molecule has 1 atom stereocenters. The zero-order valence-corrected chi connectivity index (χ0v) is 14.3. The number of carbonyl (C=O) groups excluding carboxylic acids is 1. The molecule has 0 radical (unpaired) electrons. The number of aliphatic hydroxyl groups excluding tert-OH is 1. The van der Waals surface area contributed by atoms with Gasteiger partial charge in [0.05, 0.1) is 23.4 Å². The predicted molar refractivity (Wildman–Crippen MR) is 94.7 cm³/mol. The van der Waals surface area contributed by atoms with Gasteiger partial charge in [0.1, 0.15) is 5.82 Å². The SMILES string of the molecule is Cc1nc2c(n1CCO)CC[C@@H](NC(=O)c1ccn3ccccc13)C2. The fraction of sp³-hybridized carbons (Fsp3) is 0.368. The van der Waals surface area contributed by atoms with Crippen LogP contribution < -0.4 is 5.32 Å². The van der Waals surface area contributed by atoms with Gasteiger partial charge in [-0.25, -0.2) is 4.98 Å². The van der Waals surface area contributed by atoms with Crippen LogP contribution in [-0.4, -0.2) is 37.6 Å². The standard InChI is InChI=1S/C19H22N4O2/c1-13-20-16-12-14(5-6-18(16)23(13)10-11-24)21-19(25)15-7-9-22-8-3-2-4-17(15)22/h2-4,7-9,14,24H,5-6,10-12H2,1H3,(H,21,25)/t14-/m1/s1. The van der Waals surface area contributed by atoms with E-state index in [9.17, 15) is 9.90 Å². The highest BCUT2D eigenvalue weighted by molar-refractivity contribution is 6.01. The van der Waals surface area contributed by atoms with Crippen molar-refractivity contribution in [2.75, 3.05) is 6.61 Å². The fourth-order valence-electron chi connectivity index (χ4n) is 3.79. The summed E-state index contributed by atoms with van der Waals surface area (Å²) >= 11 is 0. The third-order valence-corrected chi connectivity index (χ3v) is 4.99. The van der Waals surface area contributed by atoms with Crippen molar-refractivity contribution >= 4 is 11.4 Å². The molecule has 0 aromatic carbocycles. The molecule has 3 aromatic heterocycles. The maximum atomic E-state index is 12.7. The smallest absolute Gasteiger partial charge is 0.253 e. The van der Waals surface area contributed by atoms with Crippen LogP contribution in [0.5, 0.6) is 0 Å². The van der Waals surface area contributed by atoms with Crippen LogP contribution in [0.2, 0.25) is 0 Å². The van der Waals surface area contributed by atoms with Crippen molar-refractivity contribution in [3.05, 3.63) is 59.4 Å². The number of nitrogens with zero attached hydrogens (tertiary/aromatic N) is 3. The van der Waals surface area contributed by atoms with Crippen LogP contribution >= 0.6 is 0 Å². The van der Waals surface area contributed by atoms with Gasteiger partial charge in [0.2, 0.25) is 0 Å². The molecule has 4 rings (SSSR count). The van der Waals surface area contributed by atoms with Crippen LogP contribution in [0, 0.1) is 6.92 Å². The lowest BCUT2D eigenvalue weighted by molar-refractivity contribution is 0.0935. The number of nitrogens with one attached hydrogen (secondary N) is 1. The van der Waals surface area contributed by atoms with E-state index >= 15 is 0 Å². The Labute approximate surface area is 146 Å². The molecule has 2 N–H and O–H groups in total. The second-order valence-corrected chi connectivity index (χ2v) is 6.56. The van der Waals surface area contributed by atoms with Gasteiger partial charge in [-0.2, -0.15) is 0 Å². The van der Waals surface area contributed by atoms with Crippen molar-refractivity contribution in [2.24, 2.45) is 0 Å². The molecule has 0 aliphatic heterocycles. The number of aliphatic hydroxyl groups is 1. The van der Waals surface area contributed by atoms with Gasteiger partial charge in [0, 0.05) is 37.1 Å². The Morgan fingerprint density at radius 1 is 1.36 bits per heavy atom. The van der Waals surface area contributed by atoms with E-state index in [-0.39, 0.29) is 18.6 Å². The molecule has 3 heterocycles. The van der Waals surface area contributed by atoms with E-state index in [2.05, 4.69) is 14.9 Å². The number of hydrogen-bond acceptors (Lipinski definition) is 3. The molecule has 1 amide bonds. The summed E-state index contributed by atoms with van der Waals surface area (Å²) in [5, 5.41) is 12.4. The molecule has 3 aromatic rings. The molecule has 0 bridgehead atoms. The first-order valence-corrected chi connectivity index (χ1v) is 8.69. The second-order valence-electron chi connectivity index (χ2n) is 6.56. The molecule has 6 nitrogen and oxygen atoms in total. The molecule has 0 saturated carbocycles. The number of carbonyl (C=O) groups is 1.